The molecule has 0 bridgehead atoms. The van der Waals surface area contributed by atoms with Gasteiger partial charge in [-0.3, -0.25) is 14.2 Å². The van der Waals surface area contributed by atoms with Crippen LogP contribution in [0.15, 0.2) is 27.8 Å². The number of rotatable bonds is 6. The van der Waals surface area contributed by atoms with Gasteiger partial charge in [-0.25, -0.2) is 4.79 Å². The third-order valence-electron chi connectivity index (χ3n) is 3.94. The Morgan fingerprint density at radius 3 is 2.62 bits per heavy atom. The van der Waals surface area contributed by atoms with E-state index in [0.29, 0.717) is 35.5 Å². The Morgan fingerprint density at radius 2 is 2.04 bits per heavy atom. The molecule has 130 valence electrons. The third kappa shape index (κ3) is 3.73. The number of amides is 1. The standard InChI is InChI=1S/C17H24N4O3/c1-4-21-16(23)13-6-5-11(8-14(13)20-17(21)24)15(22)19-12(9-18)7-10(2)3/h5-6,8,10,12H,4,7,9,18H2,1-3H3,(H,19,22)(H,20,24). The number of nitrogens with two attached hydrogens (primary N) is 1. The van der Waals surface area contributed by atoms with Gasteiger partial charge < -0.3 is 16.0 Å². The number of H-pyrrole nitrogens is 1. The van der Waals surface area contributed by atoms with Gasteiger partial charge in [0.2, 0.25) is 0 Å². The molecule has 0 fully saturated rings. The lowest BCUT2D eigenvalue weighted by molar-refractivity contribution is 0.0934. The smallest absolute Gasteiger partial charge is 0.328 e. The van der Waals surface area contributed by atoms with Gasteiger partial charge in [0.25, 0.3) is 11.5 Å². The molecule has 0 saturated carbocycles. The number of benzene rings is 1. The molecule has 1 amide bonds. The first-order chi connectivity index (χ1) is 11.4. The number of hydrogen-bond acceptors (Lipinski definition) is 4. The summed E-state index contributed by atoms with van der Waals surface area (Å²) in [6.07, 6.45) is 0.786. The van der Waals surface area contributed by atoms with Crippen LogP contribution in [-0.2, 0) is 6.54 Å². The second-order valence-corrected chi connectivity index (χ2v) is 6.28. The van der Waals surface area contributed by atoms with E-state index >= 15 is 0 Å². The predicted molar refractivity (Wildman–Crippen MR) is 94.3 cm³/mol. The Bertz CT molecular complexity index is 851. The molecule has 2 aromatic rings. The van der Waals surface area contributed by atoms with Gasteiger partial charge in [0, 0.05) is 24.7 Å². The summed E-state index contributed by atoms with van der Waals surface area (Å²) in [5.74, 6) is 0.146. The second-order valence-electron chi connectivity index (χ2n) is 6.28. The Balaban J connectivity index is 2.35. The van der Waals surface area contributed by atoms with Crippen molar-refractivity contribution in [3.8, 4) is 0 Å². The molecular weight excluding hydrogens is 308 g/mol. The van der Waals surface area contributed by atoms with Crippen molar-refractivity contribution in [2.45, 2.75) is 39.8 Å². The summed E-state index contributed by atoms with van der Waals surface area (Å²) in [7, 11) is 0. The summed E-state index contributed by atoms with van der Waals surface area (Å²) in [4.78, 5) is 39.2. The molecule has 0 aliphatic rings. The van der Waals surface area contributed by atoms with E-state index in [4.69, 9.17) is 5.73 Å². The van der Waals surface area contributed by atoms with Gasteiger partial charge in [-0.15, -0.1) is 0 Å². The highest BCUT2D eigenvalue weighted by Gasteiger charge is 2.15. The summed E-state index contributed by atoms with van der Waals surface area (Å²) in [5, 5.41) is 3.27. The van der Waals surface area contributed by atoms with Crippen molar-refractivity contribution >= 4 is 16.8 Å². The highest BCUT2D eigenvalue weighted by Crippen LogP contribution is 2.10. The Hall–Kier alpha value is -2.41. The molecule has 24 heavy (non-hydrogen) atoms. The van der Waals surface area contributed by atoms with E-state index in [9.17, 15) is 14.4 Å². The minimum atomic E-state index is -0.479. The van der Waals surface area contributed by atoms with Crippen molar-refractivity contribution in [2.75, 3.05) is 6.54 Å². The van der Waals surface area contributed by atoms with Crippen molar-refractivity contribution in [1.29, 1.82) is 0 Å². The number of aromatic nitrogens is 2. The molecule has 0 saturated heterocycles. The molecule has 7 heteroatoms. The lowest BCUT2D eigenvalue weighted by atomic mass is 10.0. The predicted octanol–water partition coefficient (Wildman–Crippen LogP) is 0.813. The van der Waals surface area contributed by atoms with Crippen molar-refractivity contribution in [3.63, 3.8) is 0 Å². The highest BCUT2D eigenvalue weighted by molar-refractivity contribution is 5.97. The number of hydrogen-bond donors (Lipinski definition) is 3. The zero-order valence-corrected chi connectivity index (χ0v) is 14.3. The lowest BCUT2D eigenvalue weighted by Crippen LogP contribution is -2.41. The molecule has 1 atom stereocenters. The minimum Gasteiger partial charge on any atom is -0.348 e. The molecule has 2 rings (SSSR count). The largest absolute Gasteiger partial charge is 0.348 e. The molecule has 1 aromatic carbocycles. The first kappa shape index (κ1) is 17.9. The average molecular weight is 332 g/mol. The van der Waals surface area contributed by atoms with E-state index in [-0.39, 0.29) is 17.5 Å². The molecule has 0 spiro atoms. The first-order valence-corrected chi connectivity index (χ1v) is 8.15. The second kappa shape index (κ2) is 7.44. The summed E-state index contributed by atoms with van der Waals surface area (Å²) in [6, 6.07) is 4.56. The maximum atomic E-state index is 12.4. The summed E-state index contributed by atoms with van der Waals surface area (Å²) < 4.78 is 1.12. The van der Waals surface area contributed by atoms with Gasteiger partial charge in [-0.2, -0.15) is 0 Å². The fourth-order valence-corrected chi connectivity index (χ4v) is 2.73. The fourth-order valence-electron chi connectivity index (χ4n) is 2.73. The molecule has 4 N–H and O–H groups in total. The van der Waals surface area contributed by atoms with E-state index in [1.54, 1.807) is 19.1 Å². The van der Waals surface area contributed by atoms with Gasteiger partial charge in [0.15, 0.2) is 0 Å². The van der Waals surface area contributed by atoms with E-state index in [0.717, 1.165) is 11.0 Å². The normalized spacial score (nSPS) is 12.5. The molecule has 1 unspecified atom stereocenters. The maximum Gasteiger partial charge on any atom is 0.328 e. The van der Waals surface area contributed by atoms with Crippen LogP contribution in [-0.4, -0.2) is 28.0 Å². The molecule has 0 aliphatic carbocycles. The van der Waals surface area contributed by atoms with Crippen LogP contribution in [0.25, 0.3) is 10.9 Å². The van der Waals surface area contributed by atoms with Crippen molar-refractivity contribution in [1.82, 2.24) is 14.9 Å². The Kier molecular flexibility index (Phi) is 5.56. The first-order valence-electron chi connectivity index (χ1n) is 8.15. The number of fused-ring (bicyclic) bond motifs is 1. The van der Waals surface area contributed by atoms with E-state index in [2.05, 4.69) is 24.1 Å². The Morgan fingerprint density at radius 1 is 1.33 bits per heavy atom. The number of carbonyl (C=O) groups is 1. The number of carbonyl (C=O) groups excluding carboxylic acids is 1. The van der Waals surface area contributed by atoms with Crippen LogP contribution in [0.5, 0.6) is 0 Å². The topological polar surface area (TPSA) is 110 Å². The molecule has 1 aromatic heterocycles. The Labute approximate surface area is 139 Å². The minimum absolute atomic E-state index is 0.111. The monoisotopic (exact) mass is 332 g/mol. The summed E-state index contributed by atoms with van der Waals surface area (Å²) in [6.45, 7) is 6.50. The van der Waals surface area contributed by atoms with Crippen LogP contribution in [0.1, 0.15) is 37.6 Å². The van der Waals surface area contributed by atoms with Gasteiger partial charge in [0.1, 0.15) is 0 Å². The third-order valence-corrected chi connectivity index (χ3v) is 3.94. The van der Waals surface area contributed by atoms with Gasteiger partial charge >= 0.3 is 5.69 Å². The van der Waals surface area contributed by atoms with Crippen LogP contribution in [0, 0.1) is 5.92 Å². The average Bonchev–Trinajstić information content (AvgIpc) is 2.53. The van der Waals surface area contributed by atoms with Crippen molar-refractivity contribution in [3.05, 3.63) is 44.6 Å². The zero-order valence-electron chi connectivity index (χ0n) is 14.3. The van der Waals surface area contributed by atoms with Gasteiger partial charge in [-0.1, -0.05) is 13.8 Å². The van der Waals surface area contributed by atoms with Crippen molar-refractivity contribution < 1.29 is 4.79 Å². The van der Waals surface area contributed by atoms with Crippen LogP contribution in [0.3, 0.4) is 0 Å². The van der Waals surface area contributed by atoms with E-state index in [1.165, 1.54) is 6.07 Å². The number of aromatic amines is 1. The SMILES string of the molecule is CCn1c(=O)[nH]c2cc(C(=O)NC(CN)CC(C)C)ccc2c1=O. The van der Waals surface area contributed by atoms with Crippen LogP contribution >= 0.6 is 0 Å². The molecule has 7 nitrogen and oxygen atoms in total. The van der Waals surface area contributed by atoms with Gasteiger partial charge in [0.05, 0.1) is 10.9 Å². The molecule has 0 radical (unpaired) electrons. The highest BCUT2D eigenvalue weighted by atomic mass is 16.2. The summed E-state index contributed by atoms with van der Waals surface area (Å²) in [5.41, 5.74) is 5.61. The zero-order chi connectivity index (χ0) is 17.9. The van der Waals surface area contributed by atoms with E-state index in [1.807, 2.05) is 0 Å². The van der Waals surface area contributed by atoms with Crippen LogP contribution < -0.4 is 22.3 Å². The quantitative estimate of drug-likeness (QED) is 0.727. The van der Waals surface area contributed by atoms with E-state index < -0.39 is 5.69 Å². The number of nitrogens with one attached hydrogen (secondary N) is 2. The van der Waals surface area contributed by atoms with Crippen molar-refractivity contribution in [2.24, 2.45) is 11.7 Å². The number of nitrogens with zero attached hydrogens (tertiary/aromatic N) is 1. The maximum absolute atomic E-state index is 12.4. The fraction of sp³-hybridized carbons (Fsp3) is 0.471. The molecular formula is C17H24N4O3. The van der Waals surface area contributed by atoms with Crippen LogP contribution in [0.4, 0.5) is 0 Å². The molecule has 0 aliphatic heterocycles. The molecule has 1 heterocycles. The van der Waals surface area contributed by atoms with Crippen LogP contribution in [0.2, 0.25) is 0 Å². The lowest BCUT2D eigenvalue weighted by Gasteiger charge is -2.19. The van der Waals surface area contributed by atoms with Gasteiger partial charge in [-0.05, 0) is 37.5 Å². The summed E-state index contributed by atoms with van der Waals surface area (Å²) >= 11 is 0.